The van der Waals surface area contributed by atoms with Crippen LogP contribution in [0.1, 0.15) is 159 Å². The second-order valence-electron chi connectivity index (χ2n) is 31.0. The number of Topliss-reactive ketones (excluding diaryl/α,β-unsaturated/α-hetero) is 4. The summed E-state index contributed by atoms with van der Waals surface area (Å²) in [4.78, 5) is 115. The number of likely N-dealkylation sites (tertiary alicyclic amines) is 2. The van der Waals surface area contributed by atoms with Crippen molar-refractivity contribution in [3.63, 3.8) is 0 Å². The fourth-order valence-corrected chi connectivity index (χ4v) is 15.2. The number of amidine groups is 4. The van der Waals surface area contributed by atoms with E-state index in [1.165, 1.54) is 55.0 Å². The number of halogens is 8. The summed E-state index contributed by atoms with van der Waals surface area (Å²) in [5.41, 5.74) is 8.72. The van der Waals surface area contributed by atoms with Crippen molar-refractivity contribution in [3.8, 4) is 0 Å². The summed E-state index contributed by atoms with van der Waals surface area (Å²) < 4.78 is 56.3. The molecule has 3 aliphatic rings. The summed E-state index contributed by atoms with van der Waals surface area (Å²) in [5.74, 6) is -2.91. The molecule has 3 heterocycles. The lowest BCUT2D eigenvalue weighted by atomic mass is 9.97. The minimum atomic E-state index is -0.641. The number of carbonyl (C=O) groups is 8. The molecule has 0 unspecified atom stereocenters. The summed E-state index contributed by atoms with van der Waals surface area (Å²) in [6.07, 6.45) is 5.68. The molecule has 0 aromatic heterocycles. The third-order valence-corrected chi connectivity index (χ3v) is 22.6. The minimum Gasteiger partial charge on any atom is -0.363 e. The summed E-state index contributed by atoms with van der Waals surface area (Å²) in [6, 6.07) is 71.2. The molecule has 28 heteroatoms. The van der Waals surface area contributed by atoms with Crippen molar-refractivity contribution >= 4 is 139 Å². The number of benzene rings is 12. The van der Waals surface area contributed by atoms with Gasteiger partial charge in [-0.2, -0.15) is 0 Å². The Morgan fingerprint density at radius 2 is 0.592 bits per heavy atom. The van der Waals surface area contributed by atoms with Crippen molar-refractivity contribution < 1.29 is 55.9 Å². The molecular weight excluding hydrogens is 1740 g/mol. The maximum atomic E-state index is 14.1. The van der Waals surface area contributed by atoms with E-state index >= 15 is 0 Å². The zero-order valence-corrected chi connectivity index (χ0v) is 74.1. The number of hydrogen-bond donors (Lipinski definition) is 7. The molecule has 662 valence electrons. The van der Waals surface area contributed by atoms with Crippen LogP contribution in [0.3, 0.4) is 0 Å². The van der Waals surface area contributed by atoms with Crippen LogP contribution in [0, 0.1) is 39.5 Å². The fourth-order valence-electron chi connectivity index (χ4n) is 14.6. The van der Waals surface area contributed by atoms with Crippen LogP contribution < -0.4 is 21.3 Å². The quantitative estimate of drug-likeness (QED) is 0.0129. The van der Waals surface area contributed by atoms with Gasteiger partial charge < -0.3 is 40.9 Å². The molecule has 130 heavy (non-hydrogen) atoms. The van der Waals surface area contributed by atoms with Gasteiger partial charge in [0.15, 0.2) is 23.1 Å². The first kappa shape index (κ1) is 95.1. The van der Waals surface area contributed by atoms with Crippen molar-refractivity contribution in [1.82, 2.24) is 19.6 Å². The first-order valence-corrected chi connectivity index (χ1v) is 43.1. The van der Waals surface area contributed by atoms with Crippen LogP contribution in [-0.4, -0.2) is 150 Å². The highest BCUT2D eigenvalue weighted by Gasteiger charge is 2.26. The number of carbonyl (C=O) groups excluding carboxylic acids is 8. The van der Waals surface area contributed by atoms with E-state index in [9.17, 15) is 55.9 Å². The number of anilines is 4. The Morgan fingerprint density at radius 3 is 0.854 bits per heavy atom. The fraction of sp³-hybridized carbons (Fsp3) is 0.176. The number of amides is 4. The zero-order chi connectivity index (χ0) is 92.7. The van der Waals surface area contributed by atoms with E-state index in [0.29, 0.717) is 84.3 Å². The Labute approximate surface area is 769 Å². The van der Waals surface area contributed by atoms with Gasteiger partial charge in [0, 0.05) is 166 Å². The number of nitrogens with zero attached hydrogens (tertiary/aromatic N) is 5. The summed E-state index contributed by atoms with van der Waals surface area (Å²) in [7, 11) is 5.54. The largest absolute Gasteiger partial charge is 0.363 e. The Morgan fingerprint density at radius 1 is 0.338 bits per heavy atom. The van der Waals surface area contributed by atoms with Gasteiger partial charge in [-0.05, 0) is 151 Å². The SMILES string of the molecule is CN(C)C(=N)c1ccc(C(=O)Cc2ccccc2C(=O)Nc2ccc(Cl)cc2F)cc1.CN1CCN=C1c1ccc(C(=O)Cc2ccccc2C(=O)Nc2ccc(Cl)cc2F)cc1.N=C(c1ccc(C(=O)Cc2ccccc2C(=O)Nc2ccc(Cl)cc2F)cc1)N1CCCC1.N=C(c1ccc(C(=O)Cc2ccccc2C(=O)Nc2ccc(Cl)cc2F)cc1)N1CCCCC1. The van der Waals surface area contributed by atoms with Gasteiger partial charge in [-0.15, -0.1) is 0 Å². The van der Waals surface area contributed by atoms with Crippen molar-refractivity contribution in [3.05, 3.63) is 399 Å². The number of piperidine rings is 1. The smallest absolute Gasteiger partial charge is 0.256 e. The van der Waals surface area contributed by atoms with Crippen LogP contribution in [0.25, 0.3) is 0 Å². The molecule has 0 saturated carbocycles. The summed E-state index contributed by atoms with van der Waals surface area (Å²) >= 11 is 23.1. The van der Waals surface area contributed by atoms with Crippen LogP contribution in [0.2, 0.25) is 20.1 Å². The maximum Gasteiger partial charge on any atom is 0.256 e. The number of likely N-dealkylation sites (N-methyl/N-ethyl adjacent to an activating group) is 1. The van der Waals surface area contributed by atoms with Gasteiger partial charge >= 0.3 is 0 Å². The lowest BCUT2D eigenvalue weighted by Gasteiger charge is -2.29. The van der Waals surface area contributed by atoms with Crippen molar-refractivity contribution in [2.75, 3.05) is 81.7 Å². The number of nitrogens with one attached hydrogen (secondary N) is 7. The van der Waals surface area contributed by atoms with Crippen LogP contribution >= 0.6 is 46.4 Å². The molecule has 0 spiro atoms. The molecule has 0 radical (unpaired) electrons. The molecular formula is C102H90Cl4F4N12O8. The highest BCUT2D eigenvalue weighted by Crippen LogP contribution is 2.29. The van der Waals surface area contributed by atoms with Gasteiger partial charge in [-0.1, -0.05) is 216 Å². The van der Waals surface area contributed by atoms with Crippen molar-refractivity contribution in [1.29, 1.82) is 16.2 Å². The molecule has 0 bridgehead atoms. The summed E-state index contributed by atoms with van der Waals surface area (Å²) in [6.45, 7) is 5.20. The topological polar surface area (TPSA) is 282 Å². The molecule has 7 N–H and O–H groups in total. The highest BCUT2D eigenvalue weighted by atomic mass is 35.5. The van der Waals surface area contributed by atoms with Crippen LogP contribution in [0.15, 0.2) is 272 Å². The number of ketones is 4. The predicted octanol–water partition coefficient (Wildman–Crippen LogP) is 21.4. The van der Waals surface area contributed by atoms with E-state index in [-0.39, 0.29) is 97.2 Å². The maximum absolute atomic E-state index is 14.1. The molecule has 3 aliphatic heterocycles. The Bertz CT molecular complexity index is 6290. The normalized spacial score (nSPS) is 12.5. The molecule has 15 rings (SSSR count). The number of hydrogen-bond acceptors (Lipinski definition) is 13. The van der Waals surface area contributed by atoms with E-state index in [1.807, 2.05) is 24.1 Å². The number of aliphatic imine (C=N–C) groups is 1. The number of rotatable bonds is 24. The van der Waals surface area contributed by atoms with Crippen molar-refractivity contribution in [2.24, 2.45) is 4.99 Å². The predicted molar refractivity (Wildman–Crippen MR) is 506 cm³/mol. The van der Waals surface area contributed by atoms with Crippen molar-refractivity contribution in [2.45, 2.75) is 57.8 Å². The standard InChI is InChI=1S/C27H25ClFN3O2.C26H23ClFN3O2.C25H21ClFN3O2.C24H21ClFN3O2/c28-21-12-13-24(23(29)17-21)31-27(34)22-7-3-2-6-20(22)16-25(33)18-8-10-19(11-9-18)26(30)32-14-4-1-5-15-32;27-20-11-12-23(22(28)16-20)30-26(33)21-6-2-1-5-19(21)15-24(32)17-7-9-18(10-8-17)25(29)31-13-3-4-14-31;1-30-13-12-28-24(30)17-8-6-16(7-9-17)23(31)14-18-4-2-3-5-20(18)25(32)29-22-11-10-19(26)15-21(22)27;1-29(2)23(27)16-9-7-15(8-10-16)22(30)13-17-5-3-4-6-19(17)24(31)28-21-12-11-18(25)14-20(21)26/h2-3,6-13,17,30H,1,4-5,14-16H2,(H,31,34);1-2,5-12,16,29H,3-4,13-15H2,(H,30,33);2-11,15H,12-14H2,1H3,(H,29,32);3-12,14,27H,13H2,1-2H3,(H,28,31). The third-order valence-electron chi connectivity index (χ3n) is 21.7. The molecule has 2 saturated heterocycles. The molecule has 4 amide bonds. The molecule has 0 atom stereocenters. The third kappa shape index (κ3) is 25.5. The molecule has 20 nitrogen and oxygen atoms in total. The average molecular weight is 1830 g/mol. The minimum absolute atomic E-state index is 0.00876. The first-order chi connectivity index (χ1) is 62.5. The van der Waals surface area contributed by atoms with E-state index < -0.39 is 46.9 Å². The van der Waals surface area contributed by atoms with Gasteiger partial charge in [-0.3, -0.25) is 59.6 Å². The monoisotopic (exact) mass is 1830 g/mol. The van der Waals surface area contributed by atoms with E-state index in [0.717, 1.165) is 112 Å². The Kier molecular flexibility index (Phi) is 33.0. The van der Waals surface area contributed by atoms with E-state index in [4.69, 9.17) is 62.6 Å². The van der Waals surface area contributed by atoms with Gasteiger partial charge in [-0.25, -0.2) is 17.6 Å². The van der Waals surface area contributed by atoms with Gasteiger partial charge in [0.05, 0.1) is 29.3 Å². The molecule has 0 aliphatic carbocycles. The van der Waals surface area contributed by atoms with Gasteiger partial charge in [0.2, 0.25) is 0 Å². The average Bonchev–Trinajstić information content (AvgIpc) is 1.43. The molecule has 12 aromatic rings. The Hall–Kier alpha value is -14.0. The second kappa shape index (κ2) is 45.1. The van der Waals surface area contributed by atoms with E-state index in [1.54, 1.807) is 201 Å². The van der Waals surface area contributed by atoms with Gasteiger partial charge in [0.25, 0.3) is 23.6 Å². The lowest BCUT2D eigenvalue weighted by Crippen LogP contribution is -2.35. The first-order valence-electron chi connectivity index (χ1n) is 41.6. The molecule has 12 aromatic carbocycles. The van der Waals surface area contributed by atoms with Crippen LogP contribution in [-0.2, 0) is 25.7 Å². The van der Waals surface area contributed by atoms with Crippen LogP contribution in [0.5, 0.6) is 0 Å². The van der Waals surface area contributed by atoms with Crippen LogP contribution in [0.4, 0.5) is 40.3 Å². The summed E-state index contributed by atoms with van der Waals surface area (Å²) in [5, 5.41) is 35.9. The highest BCUT2D eigenvalue weighted by molar-refractivity contribution is 6.32. The van der Waals surface area contributed by atoms with E-state index in [2.05, 4.69) is 36.1 Å². The lowest BCUT2D eigenvalue weighted by molar-refractivity contribution is 0.0980. The Balaban J connectivity index is 0.000000157. The van der Waals surface area contributed by atoms with Gasteiger partial charge in [0.1, 0.15) is 46.6 Å². The zero-order valence-electron chi connectivity index (χ0n) is 71.0. The second-order valence-corrected chi connectivity index (χ2v) is 32.7. The molecule has 2 fully saturated rings.